The number of aryl methyl sites for hydroxylation is 1. The van der Waals surface area contributed by atoms with Crippen LogP contribution in [-0.4, -0.2) is 46.5 Å². The van der Waals surface area contributed by atoms with E-state index in [-0.39, 0.29) is 11.8 Å². The molecule has 2 N–H and O–H groups in total. The Morgan fingerprint density at radius 3 is 2.62 bits per heavy atom. The van der Waals surface area contributed by atoms with E-state index in [4.69, 9.17) is 9.47 Å². The van der Waals surface area contributed by atoms with E-state index in [1.165, 1.54) is 31.6 Å². The van der Waals surface area contributed by atoms with Gasteiger partial charge in [-0.3, -0.25) is 0 Å². The zero-order chi connectivity index (χ0) is 19.1. The summed E-state index contributed by atoms with van der Waals surface area (Å²) in [5.41, 5.74) is 0.818. The molecular weight excluding hydrogens is 356 g/mol. The van der Waals surface area contributed by atoms with E-state index in [2.05, 4.69) is 9.97 Å². The Labute approximate surface area is 156 Å². The second kappa shape index (κ2) is 9.49. The molecule has 8 heteroatoms. The number of thiazole rings is 1. The van der Waals surface area contributed by atoms with Crippen LogP contribution in [0.25, 0.3) is 11.4 Å². The van der Waals surface area contributed by atoms with Crippen molar-refractivity contribution >= 4 is 17.3 Å². The molecule has 0 bridgehead atoms. The second-order valence-electron chi connectivity index (χ2n) is 5.97. The molecule has 0 aliphatic carbocycles. The van der Waals surface area contributed by atoms with Gasteiger partial charge in [0.2, 0.25) is 0 Å². The van der Waals surface area contributed by atoms with Crippen LogP contribution in [0, 0.1) is 0 Å². The van der Waals surface area contributed by atoms with E-state index < -0.39 is 5.97 Å². The van der Waals surface area contributed by atoms with Crippen LogP contribution in [0.5, 0.6) is 11.5 Å². The summed E-state index contributed by atoms with van der Waals surface area (Å²) in [6.07, 6.45) is 4.40. The van der Waals surface area contributed by atoms with Crippen molar-refractivity contribution < 1.29 is 24.5 Å². The molecule has 142 valence electrons. The number of hydrogen-bond donors (Lipinski definition) is 2. The highest BCUT2D eigenvalue weighted by Gasteiger charge is 2.20. The Morgan fingerprint density at radius 2 is 2.00 bits per heavy atom. The van der Waals surface area contributed by atoms with Gasteiger partial charge < -0.3 is 19.7 Å². The first-order valence-electron chi connectivity index (χ1n) is 8.45. The minimum atomic E-state index is -1.14. The van der Waals surface area contributed by atoms with Crippen LogP contribution in [-0.2, 0) is 6.42 Å². The third-order valence-electron chi connectivity index (χ3n) is 3.89. The number of carbonyl (C=O) groups is 1. The number of aliphatic hydroxyl groups excluding tert-OH is 1. The van der Waals surface area contributed by atoms with E-state index in [0.29, 0.717) is 22.9 Å². The van der Waals surface area contributed by atoms with Crippen LogP contribution in [0.4, 0.5) is 0 Å². The Bertz CT molecular complexity index is 745. The average molecular weight is 380 g/mol. The van der Waals surface area contributed by atoms with Crippen LogP contribution in [0.1, 0.15) is 48.1 Å². The number of aromatic carboxylic acids is 1. The number of aliphatic hydroxyl groups is 1. The zero-order valence-electron chi connectivity index (χ0n) is 15.2. The topological polar surface area (TPSA) is 102 Å². The number of hydrogen-bond acceptors (Lipinski definition) is 7. The minimum Gasteiger partial charge on any atom is -0.493 e. The molecule has 0 aliphatic heterocycles. The van der Waals surface area contributed by atoms with Crippen LogP contribution in [0.3, 0.4) is 0 Å². The largest absolute Gasteiger partial charge is 0.493 e. The van der Waals surface area contributed by atoms with Crippen LogP contribution >= 0.6 is 11.3 Å². The first-order valence-corrected chi connectivity index (χ1v) is 9.33. The molecule has 0 saturated heterocycles. The maximum Gasteiger partial charge on any atom is 0.354 e. The van der Waals surface area contributed by atoms with Gasteiger partial charge in [-0.1, -0.05) is 12.8 Å². The lowest BCUT2D eigenvalue weighted by molar-refractivity contribution is 0.0690. The summed E-state index contributed by atoms with van der Waals surface area (Å²) >= 11 is 1.51. The molecule has 2 rings (SSSR count). The molecule has 0 radical (unpaired) electrons. The molecule has 2 heterocycles. The lowest BCUT2D eigenvalue weighted by Gasteiger charge is -2.11. The molecule has 0 saturated carbocycles. The third-order valence-corrected chi connectivity index (χ3v) is 4.80. The van der Waals surface area contributed by atoms with Crippen LogP contribution < -0.4 is 9.47 Å². The molecule has 0 fully saturated rings. The summed E-state index contributed by atoms with van der Waals surface area (Å²) in [5.74, 6) is -0.463. The highest BCUT2D eigenvalue weighted by molar-refractivity contribution is 7.09. The molecule has 0 spiro atoms. The predicted molar refractivity (Wildman–Crippen MR) is 99.3 cm³/mol. The maximum atomic E-state index is 11.3. The van der Waals surface area contributed by atoms with Crippen molar-refractivity contribution in [1.82, 2.24) is 9.97 Å². The number of nitrogens with zero attached hydrogens (tertiary/aromatic N) is 2. The first kappa shape index (κ1) is 20.1. The van der Waals surface area contributed by atoms with Gasteiger partial charge in [0.05, 0.1) is 25.3 Å². The normalized spacial score (nSPS) is 12.0. The first-order chi connectivity index (χ1) is 12.5. The van der Waals surface area contributed by atoms with Crippen molar-refractivity contribution in [2.75, 3.05) is 14.2 Å². The van der Waals surface area contributed by atoms with Gasteiger partial charge in [0.15, 0.2) is 17.2 Å². The fraction of sp³-hybridized carbons (Fsp3) is 0.500. The van der Waals surface area contributed by atoms with Gasteiger partial charge in [0.25, 0.3) is 0 Å². The standard InChI is InChI=1S/C18H24N2O5S/c1-11(21)7-5-4-6-8-15-19-13(10-26-15)16-17(25-3)14(24-2)9-12(20-16)18(22)23/h9-11,21H,4-8H2,1-3H3,(H,22,23)/t11-/m0/s1. The molecule has 0 aromatic carbocycles. The summed E-state index contributed by atoms with van der Waals surface area (Å²) < 4.78 is 10.6. The van der Waals surface area contributed by atoms with Gasteiger partial charge in [0.1, 0.15) is 11.4 Å². The molecule has 2 aromatic rings. The number of unbranched alkanes of at least 4 members (excludes halogenated alkanes) is 2. The maximum absolute atomic E-state index is 11.3. The Balaban J connectivity index is 2.17. The molecular formula is C18H24N2O5S. The number of pyridine rings is 1. The van der Waals surface area contributed by atoms with Gasteiger partial charge in [-0.05, 0) is 26.2 Å². The van der Waals surface area contributed by atoms with Crippen molar-refractivity contribution in [1.29, 1.82) is 0 Å². The highest BCUT2D eigenvalue weighted by atomic mass is 32.1. The molecule has 1 atom stereocenters. The van der Waals surface area contributed by atoms with Gasteiger partial charge in [-0.2, -0.15) is 0 Å². The average Bonchev–Trinajstić information content (AvgIpc) is 3.08. The number of carboxylic acids is 1. The van der Waals surface area contributed by atoms with E-state index in [0.717, 1.165) is 37.1 Å². The van der Waals surface area contributed by atoms with Crippen molar-refractivity contribution in [2.24, 2.45) is 0 Å². The Kier molecular flexibility index (Phi) is 7.35. The zero-order valence-corrected chi connectivity index (χ0v) is 16.0. The van der Waals surface area contributed by atoms with Crippen LogP contribution in [0.15, 0.2) is 11.4 Å². The molecule has 0 amide bonds. The molecule has 2 aromatic heterocycles. The monoisotopic (exact) mass is 380 g/mol. The second-order valence-corrected chi connectivity index (χ2v) is 6.91. The van der Waals surface area contributed by atoms with Crippen molar-refractivity contribution in [2.45, 2.75) is 45.1 Å². The number of rotatable bonds is 10. The van der Waals surface area contributed by atoms with Gasteiger partial charge in [0, 0.05) is 11.4 Å². The van der Waals surface area contributed by atoms with Crippen molar-refractivity contribution in [3.63, 3.8) is 0 Å². The quantitative estimate of drug-likeness (QED) is 0.609. The fourth-order valence-corrected chi connectivity index (χ4v) is 3.39. The van der Waals surface area contributed by atoms with Gasteiger partial charge >= 0.3 is 5.97 Å². The molecule has 0 aliphatic rings. The Morgan fingerprint density at radius 1 is 1.23 bits per heavy atom. The summed E-state index contributed by atoms with van der Waals surface area (Å²) in [6.45, 7) is 1.80. The Hall–Kier alpha value is -2.19. The SMILES string of the molecule is COc1cc(C(=O)O)nc(-c2csc(CCCCC[C@H](C)O)n2)c1OC. The predicted octanol–water partition coefficient (Wildman–Crippen LogP) is 3.40. The van der Waals surface area contributed by atoms with Crippen molar-refractivity contribution in [3.8, 4) is 22.9 Å². The van der Waals surface area contributed by atoms with Crippen LogP contribution in [0.2, 0.25) is 0 Å². The summed E-state index contributed by atoms with van der Waals surface area (Å²) in [5, 5.41) is 21.3. The minimum absolute atomic E-state index is 0.120. The highest BCUT2D eigenvalue weighted by Crippen LogP contribution is 2.37. The number of aromatic nitrogens is 2. The van der Waals surface area contributed by atoms with E-state index >= 15 is 0 Å². The third kappa shape index (κ3) is 5.15. The molecule has 0 unspecified atom stereocenters. The lowest BCUT2D eigenvalue weighted by Crippen LogP contribution is -2.05. The van der Waals surface area contributed by atoms with E-state index in [1.54, 1.807) is 6.92 Å². The van der Waals surface area contributed by atoms with E-state index in [1.807, 2.05) is 5.38 Å². The van der Waals surface area contributed by atoms with Crippen molar-refractivity contribution in [3.05, 3.63) is 22.1 Å². The molecule has 7 nitrogen and oxygen atoms in total. The molecule has 26 heavy (non-hydrogen) atoms. The summed E-state index contributed by atoms with van der Waals surface area (Å²) in [4.78, 5) is 20.1. The van der Waals surface area contributed by atoms with Gasteiger partial charge in [-0.15, -0.1) is 11.3 Å². The summed E-state index contributed by atoms with van der Waals surface area (Å²) in [6, 6.07) is 1.33. The fourth-order valence-electron chi connectivity index (χ4n) is 2.57. The number of methoxy groups -OCH3 is 2. The lowest BCUT2D eigenvalue weighted by atomic mass is 10.1. The smallest absolute Gasteiger partial charge is 0.354 e. The number of ether oxygens (including phenoxy) is 2. The summed E-state index contributed by atoms with van der Waals surface area (Å²) in [7, 11) is 2.94. The number of carboxylic acid groups (broad SMARTS) is 1. The van der Waals surface area contributed by atoms with E-state index in [9.17, 15) is 15.0 Å². The van der Waals surface area contributed by atoms with Gasteiger partial charge in [-0.25, -0.2) is 14.8 Å².